The highest BCUT2D eigenvalue weighted by molar-refractivity contribution is 9.10. The van der Waals surface area contributed by atoms with Gasteiger partial charge in [0.2, 0.25) is 0 Å². The van der Waals surface area contributed by atoms with E-state index < -0.39 is 0 Å². The van der Waals surface area contributed by atoms with Crippen LogP contribution in [0.1, 0.15) is 27.5 Å². The fourth-order valence-corrected chi connectivity index (χ4v) is 2.55. The molecule has 0 aliphatic heterocycles. The molecule has 1 aromatic carbocycles. The number of amides is 1. The van der Waals surface area contributed by atoms with Gasteiger partial charge in [0.05, 0.1) is 5.69 Å². The summed E-state index contributed by atoms with van der Waals surface area (Å²) in [5, 5.41) is 10.8. The van der Waals surface area contributed by atoms with Crippen molar-refractivity contribution in [1.82, 2.24) is 15.5 Å². The van der Waals surface area contributed by atoms with Crippen LogP contribution in [0.25, 0.3) is 11.0 Å². The van der Waals surface area contributed by atoms with Gasteiger partial charge in [-0.15, -0.1) is 0 Å². The van der Waals surface area contributed by atoms with E-state index in [4.69, 9.17) is 4.42 Å². The fourth-order valence-electron chi connectivity index (χ4n) is 2.21. The summed E-state index contributed by atoms with van der Waals surface area (Å²) in [7, 11) is 0. The summed E-state index contributed by atoms with van der Waals surface area (Å²) >= 11 is 3.38. The molecule has 0 saturated heterocycles. The van der Waals surface area contributed by atoms with E-state index in [0.717, 1.165) is 26.8 Å². The van der Waals surface area contributed by atoms with Crippen LogP contribution in [-0.2, 0) is 6.54 Å². The third-order valence-corrected chi connectivity index (χ3v) is 3.91. The molecule has 2 heterocycles. The molecule has 2 N–H and O–H groups in total. The standard InChI is InChI=1S/C15H14BrN3O2/c1-8-12(9(2)19-18-8)7-17-15(20)14-5-10-3-4-11(16)6-13(10)21-14/h3-6H,7H2,1-2H3,(H,17,20)(H,18,19). The molecule has 3 rings (SSSR count). The van der Waals surface area contributed by atoms with Crippen molar-refractivity contribution in [2.24, 2.45) is 0 Å². The third-order valence-electron chi connectivity index (χ3n) is 3.41. The van der Waals surface area contributed by atoms with Crippen LogP contribution in [0.15, 0.2) is 33.2 Å². The number of carbonyl (C=O) groups is 1. The Labute approximate surface area is 129 Å². The van der Waals surface area contributed by atoms with Gasteiger partial charge in [0, 0.05) is 27.7 Å². The molecule has 108 valence electrons. The molecule has 0 spiro atoms. The molecule has 0 aliphatic rings. The Morgan fingerprint density at radius 3 is 2.90 bits per heavy atom. The van der Waals surface area contributed by atoms with Gasteiger partial charge in [-0.2, -0.15) is 5.10 Å². The number of benzene rings is 1. The average molecular weight is 348 g/mol. The number of nitrogens with zero attached hydrogens (tertiary/aromatic N) is 1. The van der Waals surface area contributed by atoms with Crippen molar-refractivity contribution in [3.63, 3.8) is 0 Å². The Kier molecular flexibility index (Phi) is 3.55. The molecule has 21 heavy (non-hydrogen) atoms. The van der Waals surface area contributed by atoms with E-state index in [2.05, 4.69) is 31.4 Å². The molecular weight excluding hydrogens is 334 g/mol. The Morgan fingerprint density at radius 2 is 2.19 bits per heavy atom. The summed E-state index contributed by atoms with van der Waals surface area (Å²) < 4.78 is 6.49. The van der Waals surface area contributed by atoms with Crippen LogP contribution in [0, 0.1) is 13.8 Å². The largest absolute Gasteiger partial charge is 0.451 e. The quantitative estimate of drug-likeness (QED) is 0.761. The van der Waals surface area contributed by atoms with E-state index in [1.54, 1.807) is 6.07 Å². The molecule has 2 aromatic heterocycles. The summed E-state index contributed by atoms with van der Waals surface area (Å²) in [6.45, 7) is 4.26. The molecule has 3 aromatic rings. The maximum atomic E-state index is 12.2. The third kappa shape index (κ3) is 2.71. The zero-order chi connectivity index (χ0) is 15.0. The predicted octanol–water partition coefficient (Wildman–Crippen LogP) is 3.47. The van der Waals surface area contributed by atoms with Crippen molar-refractivity contribution >= 4 is 32.8 Å². The van der Waals surface area contributed by atoms with Gasteiger partial charge in [0.25, 0.3) is 5.91 Å². The van der Waals surface area contributed by atoms with Crippen molar-refractivity contribution in [3.05, 3.63) is 51.4 Å². The van der Waals surface area contributed by atoms with E-state index in [1.165, 1.54) is 0 Å². The first kappa shape index (κ1) is 13.9. The number of H-pyrrole nitrogens is 1. The second-order valence-electron chi connectivity index (χ2n) is 4.89. The Bertz CT molecular complexity index is 800. The number of aryl methyl sites for hydroxylation is 2. The summed E-state index contributed by atoms with van der Waals surface area (Å²) in [4.78, 5) is 12.2. The molecule has 0 unspecified atom stereocenters. The van der Waals surface area contributed by atoms with Crippen LogP contribution in [0.4, 0.5) is 0 Å². The molecule has 1 amide bonds. The van der Waals surface area contributed by atoms with Crippen LogP contribution in [0.3, 0.4) is 0 Å². The van der Waals surface area contributed by atoms with Crippen LogP contribution < -0.4 is 5.32 Å². The van der Waals surface area contributed by atoms with E-state index in [0.29, 0.717) is 17.9 Å². The summed E-state index contributed by atoms with van der Waals surface area (Å²) in [6.07, 6.45) is 0. The van der Waals surface area contributed by atoms with Crippen LogP contribution in [0.5, 0.6) is 0 Å². The summed E-state index contributed by atoms with van der Waals surface area (Å²) in [6, 6.07) is 7.41. The molecular formula is C15H14BrN3O2. The molecule has 0 bridgehead atoms. The normalized spacial score (nSPS) is 11.0. The number of furan rings is 1. The van der Waals surface area contributed by atoms with Gasteiger partial charge < -0.3 is 9.73 Å². The minimum absolute atomic E-state index is 0.234. The zero-order valence-corrected chi connectivity index (χ0v) is 13.2. The van der Waals surface area contributed by atoms with E-state index in [-0.39, 0.29) is 5.91 Å². The van der Waals surface area contributed by atoms with Crippen molar-refractivity contribution < 1.29 is 9.21 Å². The highest BCUT2D eigenvalue weighted by atomic mass is 79.9. The van der Waals surface area contributed by atoms with Gasteiger partial charge in [-0.25, -0.2) is 0 Å². The smallest absolute Gasteiger partial charge is 0.287 e. The minimum Gasteiger partial charge on any atom is -0.451 e. The Morgan fingerprint density at radius 1 is 1.38 bits per heavy atom. The van der Waals surface area contributed by atoms with E-state index in [1.807, 2.05) is 32.0 Å². The second-order valence-corrected chi connectivity index (χ2v) is 5.80. The highest BCUT2D eigenvalue weighted by Gasteiger charge is 2.14. The average Bonchev–Trinajstić information content (AvgIpc) is 3.00. The molecule has 5 nitrogen and oxygen atoms in total. The lowest BCUT2D eigenvalue weighted by Crippen LogP contribution is -2.22. The number of aromatic nitrogens is 2. The van der Waals surface area contributed by atoms with Gasteiger partial charge >= 0.3 is 0 Å². The molecule has 0 fully saturated rings. The lowest BCUT2D eigenvalue weighted by atomic mass is 10.2. The van der Waals surface area contributed by atoms with Gasteiger partial charge in [-0.3, -0.25) is 9.89 Å². The summed E-state index contributed by atoms with van der Waals surface area (Å²) in [5.74, 6) is 0.0734. The van der Waals surface area contributed by atoms with Crippen LogP contribution >= 0.6 is 15.9 Å². The molecule has 0 saturated carbocycles. The number of hydrogen-bond acceptors (Lipinski definition) is 3. The van der Waals surface area contributed by atoms with Crippen LogP contribution in [-0.4, -0.2) is 16.1 Å². The van der Waals surface area contributed by atoms with Crippen molar-refractivity contribution in [3.8, 4) is 0 Å². The maximum Gasteiger partial charge on any atom is 0.287 e. The zero-order valence-electron chi connectivity index (χ0n) is 11.7. The summed E-state index contributed by atoms with van der Waals surface area (Å²) in [5.41, 5.74) is 3.54. The SMILES string of the molecule is Cc1n[nH]c(C)c1CNC(=O)c1cc2ccc(Br)cc2o1. The lowest BCUT2D eigenvalue weighted by Gasteiger charge is -2.03. The van der Waals surface area contributed by atoms with Gasteiger partial charge in [-0.1, -0.05) is 15.9 Å². The fraction of sp³-hybridized carbons (Fsp3) is 0.200. The molecule has 0 aliphatic carbocycles. The van der Waals surface area contributed by atoms with Crippen molar-refractivity contribution in [1.29, 1.82) is 0 Å². The number of fused-ring (bicyclic) bond motifs is 1. The van der Waals surface area contributed by atoms with Crippen molar-refractivity contribution in [2.75, 3.05) is 0 Å². The number of nitrogens with one attached hydrogen (secondary N) is 2. The Hall–Kier alpha value is -2.08. The van der Waals surface area contributed by atoms with Crippen molar-refractivity contribution in [2.45, 2.75) is 20.4 Å². The van der Waals surface area contributed by atoms with Gasteiger partial charge in [-0.05, 0) is 38.1 Å². The number of aromatic amines is 1. The maximum absolute atomic E-state index is 12.2. The van der Waals surface area contributed by atoms with Gasteiger partial charge in [0.1, 0.15) is 5.58 Å². The first-order chi connectivity index (χ1) is 10.0. The lowest BCUT2D eigenvalue weighted by molar-refractivity contribution is 0.0925. The highest BCUT2D eigenvalue weighted by Crippen LogP contribution is 2.23. The monoisotopic (exact) mass is 347 g/mol. The number of hydrogen-bond donors (Lipinski definition) is 2. The Balaban J connectivity index is 1.78. The first-order valence-corrected chi connectivity index (χ1v) is 7.31. The first-order valence-electron chi connectivity index (χ1n) is 6.52. The number of carbonyl (C=O) groups excluding carboxylic acids is 1. The van der Waals surface area contributed by atoms with Crippen LogP contribution in [0.2, 0.25) is 0 Å². The molecule has 6 heteroatoms. The van der Waals surface area contributed by atoms with Gasteiger partial charge in [0.15, 0.2) is 5.76 Å². The number of halogens is 1. The van der Waals surface area contributed by atoms with E-state index in [9.17, 15) is 4.79 Å². The minimum atomic E-state index is -0.234. The second kappa shape index (κ2) is 5.37. The van der Waals surface area contributed by atoms with E-state index >= 15 is 0 Å². The number of rotatable bonds is 3. The molecule has 0 radical (unpaired) electrons. The molecule has 0 atom stereocenters. The predicted molar refractivity (Wildman–Crippen MR) is 83.1 cm³/mol. The topological polar surface area (TPSA) is 70.9 Å².